The van der Waals surface area contributed by atoms with E-state index in [2.05, 4.69) is 0 Å². The van der Waals surface area contributed by atoms with E-state index >= 15 is 0 Å². The van der Waals surface area contributed by atoms with Gasteiger partial charge in [0.25, 0.3) is 5.91 Å². The number of aliphatic carboxylic acids is 1. The predicted octanol–water partition coefficient (Wildman–Crippen LogP) is 2.90. The number of hydrogen-bond donors (Lipinski definition) is 1. The maximum atomic E-state index is 14.3. The average molecular weight is 508 g/mol. The molecule has 0 saturated carbocycles. The number of piperidine rings is 1. The molecule has 13 heteroatoms. The molecule has 1 saturated heterocycles. The van der Waals surface area contributed by atoms with Crippen molar-refractivity contribution in [1.29, 1.82) is 0 Å². The molecule has 0 spiro atoms. The largest absolute Gasteiger partial charge is 0.550 e. The van der Waals surface area contributed by atoms with Gasteiger partial charge in [0.15, 0.2) is 0 Å². The van der Waals surface area contributed by atoms with Gasteiger partial charge < -0.3 is 15.2 Å². The lowest BCUT2D eigenvalue weighted by Gasteiger charge is -2.31. The van der Waals surface area contributed by atoms with Gasteiger partial charge in [-0.15, -0.1) is 0 Å². The predicted molar refractivity (Wildman–Crippen MR) is 107 cm³/mol. The first-order valence-electron chi connectivity index (χ1n) is 9.49. The number of rotatable bonds is 5. The quantitative estimate of drug-likeness (QED) is 0.626. The second kappa shape index (κ2) is 9.27. The molecule has 0 aromatic heterocycles. The summed E-state index contributed by atoms with van der Waals surface area (Å²) in [6.45, 7) is -0.251. The molecule has 1 aliphatic rings. The second-order valence-corrected chi connectivity index (χ2v) is 9.66. The van der Waals surface area contributed by atoms with E-state index < -0.39 is 61.5 Å². The normalized spacial score (nSPS) is 15.9. The Hall–Kier alpha value is -2.70. The summed E-state index contributed by atoms with van der Waals surface area (Å²) in [5.74, 6) is -4.53. The molecular weight excluding hydrogens is 492 g/mol. The van der Waals surface area contributed by atoms with E-state index in [-0.39, 0.29) is 31.0 Å². The number of alkyl halides is 3. The molecule has 2 aromatic carbocycles. The number of carboxylic acids is 1. The van der Waals surface area contributed by atoms with Crippen molar-refractivity contribution in [3.63, 3.8) is 0 Å². The fourth-order valence-electron chi connectivity index (χ4n) is 3.37. The molecule has 0 aliphatic carbocycles. The molecule has 33 heavy (non-hydrogen) atoms. The van der Waals surface area contributed by atoms with Gasteiger partial charge >= 0.3 is 6.18 Å². The summed E-state index contributed by atoms with van der Waals surface area (Å²) in [6.07, 6.45) is -4.82. The van der Waals surface area contributed by atoms with Gasteiger partial charge in [0.2, 0.25) is 10.0 Å². The summed E-state index contributed by atoms with van der Waals surface area (Å²) in [4.78, 5) is 23.0. The van der Waals surface area contributed by atoms with Crippen LogP contribution in [-0.4, -0.2) is 37.7 Å². The van der Waals surface area contributed by atoms with Gasteiger partial charge in [0.05, 0.1) is 21.7 Å². The van der Waals surface area contributed by atoms with Gasteiger partial charge in [-0.1, -0.05) is 11.6 Å². The lowest BCUT2D eigenvalue weighted by atomic mass is 9.99. The smallest absolute Gasteiger partial charge is 0.418 e. The van der Waals surface area contributed by atoms with E-state index in [1.165, 1.54) is 0 Å². The molecule has 3 rings (SSSR count). The number of carbonyl (C=O) groups is 2. The van der Waals surface area contributed by atoms with Crippen molar-refractivity contribution in [2.45, 2.75) is 23.9 Å². The fourth-order valence-corrected chi connectivity index (χ4v) is 5.04. The number of carboxylic acid groups (broad SMARTS) is 1. The van der Waals surface area contributed by atoms with E-state index in [1.807, 2.05) is 5.32 Å². The standard InChI is InChI=1S/C20H17ClF4N2O5S/c21-12-1-4-17(15(9-12)20(23,24)25)26-18(28)14-10-13(2-3-16(14)22)33(31,32)27-7-5-11(6-8-27)19(29)30/h1-4,9-11H,5-8H2,(H,26,28)(H,29,30)/p-1. The highest BCUT2D eigenvalue weighted by Gasteiger charge is 2.35. The Labute approximate surface area is 191 Å². The SMILES string of the molecule is O=C(Nc1ccc(Cl)cc1C(F)(F)F)c1cc(S(=O)(=O)N2CCC(C(=O)[O-])CC2)ccc1F. The highest BCUT2D eigenvalue weighted by molar-refractivity contribution is 7.89. The van der Waals surface area contributed by atoms with Crippen molar-refractivity contribution < 1.29 is 40.7 Å². The summed E-state index contributed by atoms with van der Waals surface area (Å²) in [5.41, 5.74) is -2.74. The number of amides is 1. The first-order chi connectivity index (χ1) is 15.3. The molecule has 1 N–H and O–H groups in total. The summed E-state index contributed by atoms with van der Waals surface area (Å²) >= 11 is 5.59. The number of nitrogens with zero attached hydrogens (tertiary/aromatic N) is 1. The van der Waals surface area contributed by atoms with Crippen LogP contribution in [0, 0.1) is 11.7 Å². The molecular formula is C20H16ClF4N2O5S-. The number of carbonyl (C=O) groups excluding carboxylic acids is 2. The number of hydrogen-bond acceptors (Lipinski definition) is 5. The Balaban J connectivity index is 1.88. The second-order valence-electron chi connectivity index (χ2n) is 7.28. The number of sulfonamides is 1. The maximum absolute atomic E-state index is 14.3. The third kappa shape index (κ3) is 5.45. The van der Waals surface area contributed by atoms with Gasteiger partial charge in [-0.05, 0) is 49.2 Å². The third-order valence-corrected chi connectivity index (χ3v) is 7.27. The first-order valence-corrected chi connectivity index (χ1v) is 11.3. The topological polar surface area (TPSA) is 107 Å². The van der Waals surface area contributed by atoms with E-state index in [0.717, 1.165) is 22.5 Å². The average Bonchev–Trinajstić information content (AvgIpc) is 2.74. The summed E-state index contributed by atoms with van der Waals surface area (Å²) < 4.78 is 80.8. The van der Waals surface area contributed by atoms with Crippen LogP contribution in [-0.2, 0) is 21.0 Å². The molecule has 1 heterocycles. The van der Waals surface area contributed by atoms with Crippen molar-refractivity contribution in [3.05, 3.63) is 58.4 Å². The van der Waals surface area contributed by atoms with Crippen LogP contribution in [0.2, 0.25) is 5.02 Å². The fraction of sp³-hybridized carbons (Fsp3) is 0.300. The Bertz CT molecular complexity index is 1200. The lowest BCUT2D eigenvalue weighted by molar-refractivity contribution is -0.312. The summed E-state index contributed by atoms with van der Waals surface area (Å²) in [6, 6.07) is 4.92. The molecule has 1 amide bonds. The van der Waals surface area contributed by atoms with Crippen molar-refractivity contribution in [1.82, 2.24) is 4.31 Å². The zero-order chi connectivity index (χ0) is 24.6. The lowest BCUT2D eigenvalue weighted by Crippen LogP contribution is -2.43. The molecule has 1 fully saturated rings. The minimum atomic E-state index is -4.87. The minimum absolute atomic E-state index is 0.0207. The Morgan fingerprint density at radius 2 is 1.73 bits per heavy atom. The minimum Gasteiger partial charge on any atom is -0.550 e. The van der Waals surface area contributed by atoms with Crippen LogP contribution in [0.3, 0.4) is 0 Å². The molecule has 0 radical (unpaired) electrons. The van der Waals surface area contributed by atoms with Crippen LogP contribution in [0.25, 0.3) is 0 Å². The monoisotopic (exact) mass is 507 g/mol. The van der Waals surface area contributed by atoms with E-state index in [0.29, 0.717) is 18.2 Å². The first kappa shape index (κ1) is 24.9. The third-order valence-electron chi connectivity index (χ3n) is 5.14. The molecule has 7 nitrogen and oxygen atoms in total. The summed E-state index contributed by atoms with van der Waals surface area (Å²) in [7, 11) is -4.22. The molecule has 0 bridgehead atoms. The molecule has 0 unspecified atom stereocenters. The van der Waals surface area contributed by atoms with Crippen molar-refractivity contribution in [2.75, 3.05) is 18.4 Å². The van der Waals surface area contributed by atoms with E-state index in [1.54, 1.807) is 0 Å². The highest BCUT2D eigenvalue weighted by atomic mass is 35.5. The van der Waals surface area contributed by atoms with Gasteiger partial charge in [-0.2, -0.15) is 17.5 Å². The number of halogens is 5. The van der Waals surface area contributed by atoms with E-state index in [4.69, 9.17) is 11.6 Å². The number of nitrogens with one attached hydrogen (secondary N) is 1. The van der Waals surface area contributed by atoms with Crippen LogP contribution in [0.4, 0.5) is 23.2 Å². The van der Waals surface area contributed by atoms with Crippen molar-refractivity contribution in [2.24, 2.45) is 5.92 Å². The van der Waals surface area contributed by atoms with Gasteiger partial charge in [0.1, 0.15) is 5.82 Å². The number of anilines is 1. The van der Waals surface area contributed by atoms with Crippen LogP contribution < -0.4 is 10.4 Å². The Kier molecular flexibility index (Phi) is 7.01. The maximum Gasteiger partial charge on any atom is 0.418 e. The van der Waals surface area contributed by atoms with Gasteiger partial charge in [-0.25, -0.2) is 12.8 Å². The Morgan fingerprint density at radius 1 is 1.09 bits per heavy atom. The van der Waals surface area contributed by atoms with Crippen LogP contribution in [0.15, 0.2) is 41.3 Å². The van der Waals surface area contributed by atoms with Gasteiger partial charge in [0, 0.05) is 30.0 Å². The van der Waals surface area contributed by atoms with Crippen LogP contribution >= 0.6 is 11.6 Å². The van der Waals surface area contributed by atoms with Crippen LogP contribution in [0.1, 0.15) is 28.8 Å². The van der Waals surface area contributed by atoms with Crippen molar-refractivity contribution in [3.8, 4) is 0 Å². The van der Waals surface area contributed by atoms with Crippen molar-refractivity contribution >= 4 is 39.2 Å². The van der Waals surface area contributed by atoms with Gasteiger partial charge in [-0.3, -0.25) is 4.79 Å². The summed E-state index contributed by atoms with van der Waals surface area (Å²) in [5, 5.41) is 12.7. The molecule has 2 aromatic rings. The highest BCUT2D eigenvalue weighted by Crippen LogP contribution is 2.37. The zero-order valence-corrected chi connectivity index (χ0v) is 18.2. The van der Waals surface area contributed by atoms with E-state index in [9.17, 15) is 40.7 Å². The molecule has 178 valence electrons. The number of benzene rings is 2. The zero-order valence-electron chi connectivity index (χ0n) is 16.7. The molecule has 1 aliphatic heterocycles. The Morgan fingerprint density at radius 3 is 2.30 bits per heavy atom. The molecule has 0 atom stereocenters. The van der Waals surface area contributed by atoms with Crippen LogP contribution in [0.5, 0.6) is 0 Å².